The minimum atomic E-state index is 0.650. The maximum atomic E-state index is 5.74. The third-order valence-corrected chi connectivity index (χ3v) is 3.85. The average molecular weight is 324 g/mol. The fourth-order valence-corrected chi connectivity index (χ4v) is 2.43. The number of nitrogens with zero attached hydrogens (tertiary/aromatic N) is 2. The van der Waals surface area contributed by atoms with E-state index in [4.69, 9.17) is 4.74 Å². The van der Waals surface area contributed by atoms with Crippen LogP contribution in [-0.2, 0) is 0 Å². The zero-order valence-corrected chi connectivity index (χ0v) is 14.9. The van der Waals surface area contributed by atoms with Gasteiger partial charge in [-0.05, 0) is 43.9 Å². The Morgan fingerprint density at radius 2 is 2.05 bits per heavy atom. The molecule has 5 heteroatoms. The summed E-state index contributed by atoms with van der Waals surface area (Å²) in [6.45, 7) is 5.32. The first-order valence-corrected chi connectivity index (χ1v) is 9.33. The van der Waals surface area contributed by atoms with Gasteiger partial charge in [-0.1, -0.05) is 18.2 Å². The van der Waals surface area contributed by atoms with Crippen LogP contribution in [0.15, 0.2) is 35.3 Å². The highest BCUT2D eigenvalue weighted by atomic mass is 32.2. The van der Waals surface area contributed by atoms with Crippen molar-refractivity contribution >= 4 is 17.7 Å². The Morgan fingerprint density at radius 1 is 1.27 bits per heavy atom. The number of ether oxygens (including phenoxy) is 1. The molecule has 0 amide bonds. The number of likely N-dealkylation sites (N-methyl/N-ethyl adjacent to an activating group) is 1. The maximum absolute atomic E-state index is 5.74. The summed E-state index contributed by atoms with van der Waals surface area (Å²) in [5.41, 5.74) is 0. The summed E-state index contributed by atoms with van der Waals surface area (Å²) in [5.74, 6) is 3.09. The molecule has 0 fully saturated rings. The predicted molar refractivity (Wildman–Crippen MR) is 98.2 cm³/mol. The summed E-state index contributed by atoms with van der Waals surface area (Å²) < 4.78 is 5.74. The van der Waals surface area contributed by atoms with Crippen LogP contribution in [0.4, 0.5) is 0 Å². The van der Waals surface area contributed by atoms with Crippen LogP contribution in [0.5, 0.6) is 5.75 Å². The Bertz CT molecular complexity index is 412. The van der Waals surface area contributed by atoms with Crippen LogP contribution in [0.1, 0.15) is 19.8 Å². The smallest absolute Gasteiger partial charge is 0.193 e. The average Bonchev–Trinajstić information content (AvgIpc) is 2.54. The number of thioether (sulfide) groups is 1. The summed E-state index contributed by atoms with van der Waals surface area (Å²) in [5, 5.41) is 3.34. The van der Waals surface area contributed by atoms with Crippen LogP contribution in [0.2, 0.25) is 0 Å². The van der Waals surface area contributed by atoms with E-state index in [0.717, 1.165) is 37.8 Å². The van der Waals surface area contributed by atoms with E-state index in [9.17, 15) is 0 Å². The first kappa shape index (κ1) is 18.7. The van der Waals surface area contributed by atoms with Gasteiger partial charge in [0, 0.05) is 20.1 Å². The van der Waals surface area contributed by atoms with Crippen molar-refractivity contribution in [2.75, 3.05) is 45.3 Å². The van der Waals surface area contributed by atoms with Gasteiger partial charge in [0.2, 0.25) is 0 Å². The molecule has 0 atom stereocenters. The number of hydrogen-bond donors (Lipinski definition) is 1. The minimum Gasteiger partial charge on any atom is -0.492 e. The lowest BCUT2D eigenvalue weighted by atomic mass is 10.3. The van der Waals surface area contributed by atoms with Gasteiger partial charge in [-0.3, -0.25) is 4.99 Å². The maximum Gasteiger partial charge on any atom is 0.193 e. The molecule has 124 valence electrons. The predicted octanol–water partition coefficient (Wildman–Crippen LogP) is 3.11. The summed E-state index contributed by atoms with van der Waals surface area (Å²) >= 11 is 1.89. The molecule has 0 saturated carbocycles. The van der Waals surface area contributed by atoms with Crippen LogP contribution in [-0.4, -0.2) is 56.2 Å². The number of unbranched alkanes of at least 4 members (excludes halogenated alkanes) is 1. The molecule has 0 aliphatic rings. The molecule has 0 radical (unpaired) electrons. The Kier molecular flexibility index (Phi) is 10.4. The van der Waals surface area contributed by atoms with Crippen molar-refractivity contribution in [1.29, 1.82) is 0 Å². The van der Waals surface area contributed by atoms with E-state index in [1.807, 2.05) is 42.1 Å². The largest absolute Gasteiger partial charge is 0.492 e. The van der Waals surface area contributed by atoms with Gasteiger partial charge in [0.15, 0.2) is 5.96 Å². The summed E-state index contributed by atoms with van der Waals surface area (Å²) in [7, 11) is 2.05. The van der Waals surface area contributed by atoms with Gasteiger partial charge < -0.3 is 15.0 Å². The lowest BCUT2D eigenvalue weighted by molar-refractivity contribution is 0.281. The Hall–Kier alpha value is -1.36. The third-order valence-electron chi connectivity index (χ3n) is 3.15. The van der Waals surface area contributed by atoms with Gasteiger partial charge >= 0.3 is 0 Å². The van der Waals surface area contributed by atoms with Crippen molar-refractivity contribution in [3.8, 4) is 5.75 Å². The third kappa shape index (κ3) is 8.17. The van der Waals surface area contributed by atoms with E-state index in [1.165, 1.54) is 12.2 Å². The number of rotatable bonds is 10. The van der Waals surface area contributed by atoms with Crippen LogP contribution in [0.3, 0.4) is 0 Å². The Labute approximate surface area is 139 Å². The van der Waals surface area contributed by atoms with Gasteiger partial charge in [0.05, 0.1) is 6.54 Å². The van der Waals surface area contributed by atoms with E-state index < -0.39 is 0 Å². The summed E-state index contributed by atoms with van der Waals surface area (Å²) in [6, 6.07) is 9.92. The number of para-hydroxylation sites is 1. The highest BCUT2D eigenvalue weighted by Crippen LogP contribution is 2.07. The van der Waals surface area contributed by atoms with Crippen LogP contribution in [0, 0.1) is 0 Å². The standard InChI is InChI=1S/C17H29N3OS/c1-4-18-17(19-12-8-9-15-22-3)20(2)13-14-21-16-10-6-5-7-11-16/h5-7,10-11H,4,8-9,12-15H2,1-3H3,(H,18,19). The SMILES string of the molecule is CCNC(=NCCCCSC)N(C)CCOc1ccccc1. The second-order valence-corrected chi connectivity index (χ2v) is 6.00. The number of hydrogen-bond acceptors (Lipinski definition) is 3. The molecular weight excluding hydrogens is 294 g/mol. The number of nitrogens with one attached hydrogen (secondary N) is 1. The monoisotopic (exact) mass is 323 g/mol. The van der Waals surface area contributed by atoms with Gasteiger partial charge in [-0.2, -0.15) is 11.8 Å². The minimum absolute atomic E-state index is 0.650. The van der Waals surface area contributed by atoms with Crippen molar-refractivity contribution in [2.24, 2.45) is 4.99 Å². The summed E-state index contributed by atoms with van der Waals surface area (Å²) in [6.07, 6.45) is 4.52. The van der Waals surface area contributed by atoms with Crippen LogP contribution < -0.4 is 10.1 Å². The molecule has 0 aliphatic heterocycles. The van der Waals surface area contributed by atoms with Gasteiger partial charge in [0.25, 0.3) is 0 Å². The molecule has 0 aromatic heterocycles. The molecule has 1 aromatic rings. The molecule has 1 N–H and O–H groups in total. The second kappa shape index (κ2) is 12.2. The molecule has 0 bridgehead atoms. The van der Waals surface area contributed by atoms with Gasteiger partial charge in [-0.15, -0.1) is 0 Å². The van der Waals surface area contributed by atoms with E-state index in [-0.39, 0.29) is 0 Å². The molecule has 1 rings (SSSR count). The van der Waals surface area contributed by atoms with Crippen molar-refractivity contribution in [3.05, 3.63) is 30.3 Å². The first-order valence-electron chi connectivity index (χ1n) is 7.94. The molecule has 22 heavy (non-hydrogen) atoms. The van der Waals surface area contributed by atoms with Crippen molar-refractivity contribution in [1.82, 2.24) is 10.2 Å². The van der Waals surface area contributed by atoms with E-state index >= 15 is 0 Å². The van der Waals surface area contributed by atoms with Crippen molar-refractivity contribution in [3.63, 3.8) is 0 Å². The lowest BCUT2D eigenvalue weighted by Gasteiger charge is -2.22. The van der Waals surface area contributed by atoms with Gasteiger partial charge in [-0.25, -0.2) is 0 Å². The second-order valence-electron chi connectivity index (χ2n) is 5.02. The van der Waals surface area contributed by atoms with E-state index in [0.29, 0.717) is 6.61 Å². The van der Waals surface area contributed by atoms with Crippen molar-refractivity contribution in [2.45, 2.75) is 19.8 Å². The normalized spacial score (nSPS) is 11.3. The molecule has 0 aliphatic carbocycles. The fraction of sp³-hybridized carbons (Fsp3) is 0.588. The Balaban J connectivity index is 2.33. The van der Waals surface area contributed by atoms with E-state index in [2.05, 4.69) is 35.4 Å². The number of aliphatic imine (C=N–C) groups is 1. The molecule has 4 nitrogen and oxygen atoms in total. The zero-order chi connectivity index (χ0) is 16.0. The fourth-order valence-electron chi connectivity index (χ4n) is 1.94. The van der Waals surface area contributed by atoms with Crippen molar-refractivity contribution < 1.29 is 4.74 Å². The summed E-state index contributed by atoms with van der Waals surface area (Å²) in [4.78, 5) is 6.80. The van der Waals surface area contributed by atoms with Crippen LogP contribution in [0.25, 0.3) is 0 Å². The first-order chi connectivity index (χ1) is 10.8. The molecular formula is C17H29N3OS. The molecule has 0 heterocycles. The van der Waals surface area contributed by atoms with Crippen LogP contribution >= 0.6 is 11.8 Å². The molecule has 1 aromatic carbocycles. The lowest BCUT2D eigenvalue weighted by Crippen LogP contribution is -2.41. The highest BCUT2D eigenvalue weighted by Gasteiger charge is 2.05. The Morgan fingerprint density at radius 3 is 2.73 bits per heavy atom. The topological polar surface area (TPSA) is 36.9 Å². The zero-order valence-electron chi connectivity index (χ0n) is 14.0. The molecule has 0 unspecified atom stereocenters. The highest BCUT2D eigenvalue weighted by molar-refractivity contribution is 7.98. The number of guanidine groups is 1. The molecule has 0 spiro atoms. The van der Waals surface area contributed by atoms with Gasteiger partial charge in [0.1, 0.15) is 12.4 Å². The van der Waals surface area contributed by atoms with E-state index in [1.54, 1.807) is 0 Å². The quantitative estimate of drug-likeness (QED) is 0.408. The number of benzene rings is 1. The molecule has 0 saturated heterocycles.